The van der Waals surface area contributed by atoms with Gasteiger partial charge in [0.1, 0.15) is 11.2 Å². The third-order valence-corrected chi connectivity index (χ3v) is 28.0. The maximum absolute atomic E-state index is 6.98. The standard InChI is InChI=1S/C126H97BN4O/c1-124(2,3)91-60-67-112-105(74-91)106-75-92(125(4,5)6)61-68-113(106)128(112)94-78-117-122-118(79-94)131(123-96(82-39-20-12-21-40-82)50-34-51-97(123)83-41-22-13-23-42-83)115-72-90(121-104(89-56-63-101-100-49-30-33-54-119(100)132-120(101)73-89)76-93(126(7,8)9)77-116(121)129-109-52-31-28-47-98(109)99-48-29-32-53-110(99)129)58-65-108(115)127(122)107-64-57-88(95-62-55-86(80-35-16-10-17-36-80)69-102(95)84-43-24-14-25-44-84)71-114(107)130(117)111-66-59-87(81-37-18-11-19-38-81)70-103(111)85-45-26-15-27-46-85/h10-79H,1-9H3. The number of furan rings is 1. The summed E-state index contributed by atoms with van der Waals surface area (Å²) >= 11 is 0. The van der Waals surface area contributed by atoms with Crippen molar-refractivity contribution >= 4 is 123 Å². The maximum atomic E-state index is 6.98. The smallest absolute Gasteiger partial charge is 0.252 e. The Morgan fingerprint density at radius 1 is 0.212 bits per heavy atom. The molecule has 132 heavy (non-hydrogen) atoms. The zero-order valence-electron chi connectivity index (χ0n) is 75.7. The summed E-state index contributed by atoms with van der Waals surface area (Å²) < 4.78 is 12.2. The zero-order chi connectivity index (χ0) is 89.0. The van der Waals surface area contributed by atoms with Crippen molar-refractivity contribution in [1.82, 2.24) is 9.13 Å². The maximum Gasteiger partial charge on any atom is 0.252 e. The summed E-state index contributed by atoms with van der Waals surface area (Å²) in [5, 5.41) is 7.00. The monoisotopic (exact) mass is 1690 g/mol. The molecule has 2 aliphatic heterocycles. The fourth-order valence-corrected chi connectivity index (χ4v) is 21.3. The Hall–Kier alpha value is -15.8. The molecule has 3 aromatic heterocycles. The second-order valence-corrected chi connectivity index (χ2v) is 39.1. The van der Waals surface area contributed by atoms with Crippen molar-refractivity contribution in [1.29, 1.82) is 0 Å². The first-order valence-electron chi connectivity index (χ1n) is 46.4. The first-order chi connectivity index (χ1) is 64.4. The normalized spacial score (nSPS) is 12.7. The number of anilines is 6. The third-order valence-electron chi connectivity index (χ3n) is 28.0. The molecule has 2 aliphatic rings. The molecule has 19 aromatic carbocycles. The second-order valence-electron chi connectivity index (χ2n) is 39.1. The summed E-state index contributed by atoms with van der Waals surface area (Å²) in [5.74, 6) is 0. The zero-order valence-corrected chi connectivity index (χ0v) is 75.7. The highest BCUT2D eigenvalue weighted by Gasteiger charge is 2.46. The quantitative estimate of drug-likeness (QED) is 0.108. The van der Waals surface area contributed by atoms with Gasteiger partial charge in [-0.15, -0.1) is 0 Å². The van der Waals surface area contributed by atoms with E-state index < -0.39 is 0 Å². The van der Waals surface area contributed by atoms with Gasteiger partial charge in [-0.05, 0) is 236 Å². The molecule has 0 bridgehead atoms. The average molecular weight is 1690 g/mol. The number of fused-ring (bicyclic) bond motifs is 13. The Bertz CT molecular complexity index is 8190. The Morgan fingerprint density at radius 3 is 1.19 bits per heavy atom. The van der Waals surface area contributed by atoms with E-state index in [4.69, 9.17) is 4.42 Å². The number of para-hydroxylation sites is 4. The molecule has 5 nitrogen and oxygen atoms in total. The summed E-state index contributed by atoms with van der Waals surface area (Å²) in [7, 11) is 0. The van der Waals surface area contributed by atoms with Crippen LogP contribution in [0.3, 0.4) is 0 Å². The van der Waals surface area contributed by atoms with Crippen LogP contribution in [0.2, 0.25) is 0 Å². The van der Waals surface area contributed by atoms with Gasteiger partial charge in [-0.2, -0.15) is 0 Å². The first kappa shape index (κ1) is 79.6. The van der Waals surface area contributed by atoms with Gasteiger partial charge in [-0.25, -0.2) is 0 Å². The lowest BCUT2D eigenvalue weighted by atomic mass is 9.33. The van der Waals surface area contributed by atoms with Gasteiger partial charge in [0, 0.05) is 77.3 Å². The minimum atomic E-state index is -0.372. The van der Waals surface area contributed by atoms with Gasteiger partial charge in [-0.3, -0.25) is 0 Å². The van der Waals surface area contributed by atoms with Crippen molar-refractivity contribution in [3.05, 3.63) is 441 Å². The van der Waals surface area contributed by atoms with Crippen LogP contribution in [-0.4, -0.2) is 15.8 Å². The molecule has 6 heteroatoms. The van der Waals surface area contributed by atoms with E-state index in [1.807, 2.05) is 0 Å². The van der Waals surface area contributed by atoms with Crippen LogP contribution in [0.25, 0.3) is 177 Å². The molecule has 0 atom stereocenters. The van der Waals surface area contributed by atoms with Crippen LogP contribution >= 0.6 is 0 Å². The molecule has 0 fully saturated rings. The van der Waals surface area contributed by atoms with E-state index in [1.54, 1.807) is 0 Å². The molecule has 630 valence electrons. The summed E-state index contributed by atoms with van der Waals surface area (Å²) in [5.41, 5.74) is 41.6. The highest BCUT2D eigenvalue weighted by molar-refractivity contribution is 7.00. The van der Waals surface area contributed by atoms with Crippen molar-refractivity contribution < 1.29 is 4.42 Å². The van der Waals surface area contributed by atoms with Crippen molar-refractivity contribution in [2.75, 3.05) is 9.80 Å². The van der Waals surface area contributed by atoms with Gasteiger partial charge in [0.2, 0.25) is 0 Å². The van der Waals surface area contributed by atoms with Crippen molar-refractivity contribution in [2.45, 2.75) is 78.6 Å². The third kappa shape index (κ3) is 13.3. The predicted molar refractivity (Wildman–Crippen MR) is 561 cm³/mol. The molecule has 0 saturated heterocycles. The van der Waals surface area contributed by atoms with Crippen LogP contribution in [0.4, 0.5) is 34.1 Å². The number of aromatic nitrogens is 2. The lowest BCUT2D eigenvalue weighted by Crippen LogP contribution is -2.61. The molecular formula is C126H97BN4O. The van der Waals surface area contributed by atoms with Crippen LogP contribution < -0.4 is 26.2 Å². The minimum absolute atomic E-state index is 0.141. The van der Waals surface area contributed by atoms with Crippen LogP contribution in [0.1, 0.15) is 79.0 Å². The van der Waals surface area contributed by atoms with E-state index in [9.17, 15) is 0 Å². The van der Waals surface area contributed by atoms with Gasteiger partial charge >= 0.3 is 0 Å². The van der Waals surface area contributed by atoms with E-state index >= 15 is 0 Å². The van der Waals surface area contributed by atoms with Gasteiger partial charge in [-0.1, -0.05) is 378 Å². The molecule has 0 N–H and O–H groups in total. The number of nitrogens with zero attached hydrogens (tertiary/aromatic N) is 4. The summed E-state index contributed by atoms with van der Waals surface area (Å²) in [6.45, 7) is 20.8. The molecule has 0 spiro atoms. The van der Waals surface area contributed by atoms with Crippen molar-refractivity contribution in [3.63, 3.8) is 0 Å². The Kier molecular flexibility index (Phi) is 18.7. The van der Waals surface area contributed by atoms with E-state index in [2.05, 4.69) is 506 Å². The molecule has 0 saturated carbocycles. The fraction of sp³-hybridized carbons (Fsp3) is 0.0952. The lowest BCUT2D eigenvalue weighted by Gasteiger charge is -2.46. The number of rotatable bonds is 13. The van der Waals surface area contributed by atoms with Crippen molar-refractivity contribution in [3.8, 4) is 112 Å². The van der Waals surface area contributed by atoms with Crippen LogP contribution in [0.15, 0.2) is 429 Å². The summed E-state index contributed by atoms with van der Waals surface area (Å²) in [4.78, 5) is 5.43. The van der Waals surface area contributed by atoms with Gasteiger partial charge < -0.3 is 23.4 Å². The van der Waals surface area contributed by atoms with E-state index in [-0.39, 0.29) is 23.0 Å². The average Bonchev–Trinajstić information content (AvgIpc) is 1.05. The number of benzene rings is 19. The van der Waals surface area contributed by atoms with Crippen LogP contribution in [0, 0.1) is 0 Å². The van der Waals surface area contributed by atoms with Crippen LogP contribution in [-0.2, 0) is 16.2 Å². The van der Waals surface area contributed by atoms with Gasteiger partial charge in [0.15, 0.2) is 0 Å². The number of hydrogen-bond acceptors (Lipinski definition) is 3. The molecule has 22 aromatic rings. The summed E-state index contributed by atoms with van der Waals surface area (Å²) in [6.07, 6.45) is 0. The highest BCUT2D eigenvalue weighted by atomic mass is 16.3. The van der Waals surface area contributed by atoms with Gasteiger partial charge in [0.05, 0.1) is 44.8 Å². The molecule has 0 amide bonds. The molecule has 0 radical (unpaired) electrons. The van der Waals surface area contributed by atoms with Crippen molar-refractivity contribution in [2.24, 2.45) is 0 Å². The highest BCUT2D eigenvalue weighted by Crippen LogP contribution is 2.56. The minimum Gasteiger partial charge on any atom is -0.456 e. The molecule has 0 aliphatic carbocycles. The Balaban J connectivity index is 0.883. The molecule has 5 heterocycles. The van der Waals surface area contributed by atoms with E-state index in [1.165, 1.54) is 60.2 Å². The van der Waals surface area contributed by atoms with E-state index in [0.29, 0.717) is 0 Å². The van der Waals surface area contributed by atoms with Gasteiger partial charge in [0.25, 0.3) is 6.71 Å². The Morgan fingerprint density at radius 2 is 0.636 bits per heavy atom. The SMILES string of the molecule is CC(C)(C)c1cc(-c2ccc3c(c2)oc2ccccc23)c(-c2ccc3c(c2)N(c2c(-c4ccccc4)cccc2-c2ccccc2)c2cc(-n4c5ccc(C(C)(C)C)cc5c5cc(C(C)(C)C)ccc54)cc4c2B3c2ccc(-c3ccc(-c5ccccc5)cc3-c3ccccc3)cc2N4c2ccc(-c3ccccc3)cc2-c2ccccc2)c(-n2c3ccccc3c3ccccc32)c1. The van der Waals surface area contributed by atoms with Crippen LogP contribution in [0.5, 0.6) is 0 Å². The first-order valence-corrected chi connectivity index (χ1v) is 46.4. The second kappa shape index (κ2) is 31.0. The lowest BCUT2D eigenvalue weighted by molar-refractivity contribution is 0.590. The largest absolute Gasteiger partial charge is 0.456 e. The molecule has 0 unspecified atom stereocenters. The number of hydrogen-bond donors (Lipinski definition) is 0. The van der Waals surface area contributed by atoms with E-state index in [0.717, 1.165) is 184 Å². The predicted octanol–water partition coefficient (Wildman–Crippen LogP) is 32.8. The Labute approximate surface area is 772 Å². The molecular weight excluding hydrogens is 1600 g/mol. The fourth-order valence-electron chi connectivity index (χ4n) is 21.3. The topological polar surface area (TPSA) is 29.5 Å². The summed E-state index contributed by atoms with van der Waals surface area (Å²) in [6, 6.07) is 161. The molecule has 24 rings (SSSR count).